The van der Waals surface area contributed by atoms with Crippen molar-refractivity contribution in [2.75, 3.05) is 0 Å². The van der Waals surface area contributed by atoms with Gasteiger partial charge in [-0.15, -0.1) is 0 Å². The molecule has 0 bridgehead atoms. The summed E-state index contributed by atoms with van der Waals surface area (Å²) in [5, 5.41) is 19.3. The van der Waals surface area contributed by atoms with E-state index in [9.17, 15) is 10.2 Å². The molecule has 0 aromatic heterocycles. The largest absolute Gasteiger partial charge is 0.508 e. The van der Waals surface area contributed by atoms with E-state index in [0.717, 1.165) is 0 Å². The second kappa shape index (κ2) is 5.68. The van der Waals surface area contributed by atoms with Crippen LogP contribution >= 0.6 is 0 Å². The van der Waals surface area contributed by atoms with Crippen LogP contribution in [-0.2, 0) is 5.41 Å². The molecule has 0 fully saturated rings. The zero-order valence-corrected chi connectivity index (χ0v) is 14.1. The summed E-state index contributed by atoms with van der Waals surface area (Å²) in [6.45, 7) is 11.2. The van der Waals surface area contributed by atoms with Crippen molar-refractivity contribution >= 4 is 0 Å². The Balaban J connectivity index is 2.77. The van der Waals surface area contributed by atoms with Gasteiger partial charge in [0.25, 0.3) is 0 Å². The SMILES string of the molecule is CC(C)C(c1ccc(O)cc1)(c1ccc(O)cc1)C(C)(C)C. The smallest absolute Gasteiger partial charge is 0.115 e. The zero-order valence-electron chi connectivity index (χ0n) is 14.1. The fourth-order valence-electron chi connectivity index (χ4n) is 4.01. The van der Waals surface area contributed by atoms with Crippen LogP contribution < -0.4 is 0 Å². The summed E-state index contributed by atoms with van der Waals surface area (Å²) in [6.07, 6.45) is 0. The third-order valence-corrected chi connectivity index (χ3v) is 4.69. The van der Waals surface area contributed by atoms with Crippen molar-refractivity contribution in [1.82, 2.24) is 0 Å². The maximum absolute atomic E-state index is 9.64. The summed E-state index contributed by atoms with van der Waals surface area (Å²) >= 11 is 0. The van der Waals surface area contributed by atoms with Crippen LogP contribution in [0.15, 0.2) is 48.5 Å². The molecule has 0 amide bonds. The second-order valence-electron chi connectivity index (χ2n) is 7.31. The van der Waals surface area contributed by atoms with Crippen molar-refractivity contribution in [3.63, 3.8) is 0 Å². The Bertz CT molecular complexity index is 571. The van der Waals surface area contributed by atoms with Crippen molar-refractivity contribution in [3.05, 3.63) is 59.7 Å². The molecule has 2 heteroatoms. The maximum Gasteiger partial charge on any atom is 0.115 e. The number of rotatable bonds is 3. The van der Waals surface area contributed by atoms with Crippen molar-refractivity contribution in [3.8, 4) is 11.5 Å². The highest BCUT2D eigenvalue weighted by molar-refractivity contribution is 5.45. The molecule has 0 unspecified atom stereocenters. The van der Waals surface area contributed by atoms with E-state index >= 15 is 0 Å². The molecule has 0 aliphatic heterocycles. The van der Waals surface area contributed by atoms with Gasteiger partial charge in [0.2, 0.25) is 0 Å². The molecule has 2 aromatic rings. The number of hydrogen-bond acceptors (Lipinski definition) is 2. The van der Waals surface area contributed by atoms with Gasteiger partial charge in [-0.25, -0.2) is 0 Å². The molecule has 0 aliphatic carbocycles. The molecule has 2 aromatic carbocycles. The maximum atomic E-state index is 9.64. The first kappa shape index (κ1) is 16.4. The first-order chi connectivity index (χ1) is 10.2. The minimum Gasteiger partial charge on any atom is -0.508 e. The van der Waals surface area contributed by atoms with Crippen LogP contribution in [0.4, 0.5) is 0 Å². The summed E-state index contributed by atoms with van der Waals surface area (Å²) in [6, 6.07) is 15.0. The summed E-state index contributed by atoms with van der Waals surface area (Å²) in [5.41, 5.74) is 2.11. The molecule has 118 valence electrons. The molecule has 0 heterocycles. The van der Waals surface area contributed by atoms with E-state index in [4.69, 9.17) is 0 Å². The van der Waals surface area contributed by atoms with Gasteiger partial charge in [-0.1, -0.05) is 58.9 Å². The van der Waals surface area contributed by atoms with Crippen molar-refractivity contribution in [2.24, 2.45) is 11.3 Å². The van der Waals surface area contributed by atoms with Crippen LogP contribution in [0.25, 0.3) is 0 Å². The molecular weight excluding hydrogens is 272 g/mol. The lowest BCUT2D eigenvalue weighted by Gasteiger charge is -2.49. The van der Waals surface area contributed by atoms with E-state index in [-0.39, 0.29) is 22.3 Å². The van der Waals surface area contributed by atoms with Gasteiger partial charge in [0.05, 0.1) is 0 Å². The predicted octanol–water partition coefficient (Wildman–Crippen LogP) is 5.09. The molecule has 2 rings (SSSR count). The molecule has 0 radical (unpaired) electrons. The van der Waals surface area contributed by atoms with E-state index in [1.807, 2.05) is 24.3 Å². The lowest BCUT2D eigenvalue weighted by molar-refractivity contribution is 0.165. The summed E-state index contributed by atoms with van der Waals surface area (Å²) in [5.74, 6) is 0.906. The van der Waals surface area contributed by atoms with Crippen LogP contribution in [0, 0.1) is 11.3 Å². The Morgan fingerprint density at radius 3 is 1.23 bits per heavy atom. The Morgan fingerprint density at radius 2 is 1.00 bits per heavy atom. The molecule has 0 saturated heterocycles. The van der Waals surface area contributed by atoms with Gasteiger partial charge in [0.1, 0.15) is 11.5 Å². The van der Waals surface area contributed by atoms with Crippen molar-refractivity contribution in [2.45, 2.75) is 40.0 Å². The van der Waals surface area contributed by atoms with E-state index in [2.05, 4.69) is 34.6 Å². The number of phenols is 2. The van der Waals surface area contributed by atoms with E-state index < -0.39 is 0 Å². The molecule has 0 saturated carbocycles. The molecule has 22 heavy (non-hydrogen) atoms. The molecule has 2 nitrogen and oxygen atoms in total. The standard InChI is InChI=1S/C20H26O2/c1-14(2)20(19(3,4)5,15-6-10-17(21)11-7-15)16-8-12-18(22)13-9-16/h6-14,21-22H,1-5H3. The summed E-state index contributed by atoms with van der Waals surface area (Å²) < 4.78 is 0. The number of phenolic OH excluding ortho intramolecular Hbond substituents is 2. The van der Waals surface area contributed by atoms with Gasteiger partial charge in [-0.05, 0) is 46.7 Å². The fourth-order valence-corrected chi connectivity index (χ4v) is 4.01. The van der Waals surface area contributed by atoms with Crippen LogP contribution in [0.2, 0.25) is 0 Å². The average Bonchev–Trinajstić information content (AvgIpc) is 2.41. The van der Waals surface area contributed by atoms with Gasteiger partial charge >= 0.3 is 0 Å². The highest BCUT2D eigenvalue weighted by Crippen LogP contribution is 2.52. The van der Waals surface area contributed by atoms with Crippen LogP contribution in [0.1, 0.15) is 45.7 Å². The van der Waals surface area contributed by atoms with Crippen molar-refractivity contribution < 1.29 is 10.2 Å². The van der Waals surface area contributed by atoms with Crippen LogP contribution in [0.3, 0.4) is 0 Å². The molecule has 0 spiro atoms. The zero-order chi connectivity index (χ0) is 16.5. The molecule has 2 N–H and O–H groups in total. The minimum atomic E-state index is -0.214. The monoisotopic (exact) mass is 298 g/mol. The minimum absolute atomic E-state index is 0.0326. The van der Waals surface area contributed by atoms with E-state index in [1.54, 1.807) is 24.3 Å². The van der Waals surface area contributed by atoms with Gasteiger partial charge in [0, 0.05) is 5.41 Å². The van der Waals surface area contributed by atoms with E-state index in [1.165, 1.54) is 11.1 Å². The first-order valence-electron chi connectivity index (χ1n) is 7.78. The van der Waals surface area contributed by atoms with Gasteiger partial charge in [0.15, 0.2) is 0 Å². The average molecular weight is 298 g/mol. The van der Waals surface area contributed by atoms with Gasteiger partial charge in [-0.3, -0.25) is 0 Å². The van der Waals surface area contributed by atoms with E-state index in [0.29, 0.717) is 5.92 Å². The Kier molecular flexibility index (Phi) is 4.23. The lowest BCUT2D eigenvalue weighted by Crippen LogP contribution is -2.45. The summed E-state index contributed by atoms with van der Waals surface area (Å²) in [7, 11) is 0. The molecule has 0 aliphatic rings. The molecule has 0 atom stereocenters. The second-order valence-corrected chi connectivity index (χ2v) is 7.31. The van der Waals surface area contributed by atoms with Crippen molar-refractivity contribution in [1.29, 1.82) is 0 Å². The van der Waals surface area contributed by atoms with Crippen LogP contribution in [0.5, 0.6) is 11.5 Å². The number of aromatic hydroxyl groups is 2. The van der Waals surface area contributed by atoms with Crippen LogP contribution in [-0.4, -0.2) is 10.2 Å². The third kappa shape index (κ3) is 2.58. The summed E-state index contributed by atoms with van der Waals surface area (Å²) in [4.78, 5) is 0. The third-order valence-electron chi connectivity index (χ3n) is 4.69. The fraction of sp³-hybridized carbons (Fsp3) is 0.400. The van der Waals surface area contributed by atoms with Gasteiger partial charge in [-0.2, -0.15) is 0 Å². The first-order valence-corrected chi connectivity index (χ1v) is 7.78. The Morgan fingerprint density at radius 1 is 0.682 bits per heavy atom. The molecular formula is C20H26O2. The number of hydrogen-bond donors (Lipinski definition) is 2. The normalized spacial score (nSPS) is 12.6. The Hall–Kier alpha value is -1.96. The highest BCUT2D eigenvalue weighted by atomic mass is 16.3. The Labute approximate surface area is 133 Å². The predicted molar refractivity (Wildman–Crippen MR) is 91.3 cm³/mol. The lowest BCUT2D eigenvalue weighted by atomic mass is 9.54. The van der Waals surface area contributed by atoms with Gasteiger partial charge < -0.3 is 10.2 Å². The highest BCUT2D eigenvalue weighted by Gasteiger charge is 2.47. The topological polar surface area (TPSA) is 40.5 Å². The quantitative estimate of drug-likeness (QED) is 0.829. The number of benzene rings is 2.